The molecule has 1 saturated heterocycles. The molecule has 0 N–H and O–H groups in total. The van der Waals surface area contributed by atoms with Crippen LogP contribution < -0.4 is 0 Å². The Balaban J connectivity index is 1.90. The first-order valence-electron chi connectivity index (χ1n) is 5.35. The van der Waals surface area contributed by atoms with Crippen LogP contribution in [0.4, 0.5) is 5.69 Å². The quantitative estimate of drug-likeness (QED) is 0.593. The van der Waals surface area contributed by atoms with Crippen molar-refractivity contribution < 1.29 is 4.74 Å². The highest BCUT2D eigenvalue weighted by molar-refractivity contribution is 8.76. The predicted octanol–water partition coefficient (Wildman–Crippen LogP) is 4.16. The number of hydrogen-bond acceptors (Lipinski definition) is 4. The third kappa shape index (κ3) is 3.27. The smallest absolute Gasteiger partial charge is 0.113 e. The lowest BCUT2D eigenvalue weighted by Crippen LogP contribution is -2.14. The van der Waals surface area contributed by atoms with E-state index in [9.17, 15) is 0 Å². The van der Waals surface area contributed by atoms with E-state index in [4.69, 9.17) is 11.5 Å². The summed E-state index contributed by atoms with van der Waals surface area (Å²) in [7, 11) is 3.45. The Hall–Kier alpha value is -0.450. The molecule has 1 aromatic carbocycles. The van der Waals surface area contributed by atoms with Crippen LogP contribution in [-0.4, -0.2) is 18.8 Å². The molecule has 1 unspecified atom stereocenters. The first-order chi connectivity index (χ1) is 7.90. The van der Waals surface area contributed by atoms with Gasteiger partial charge in [-0.2, -0.15) is 0 Å². The van der Waals surface area contributed by atoms with E-state index >= 15 is 0 Å². The third-order valence-electron chi connectivity index (χ3n) is 2.39. The van der Waals surface area contributed by atoms with E-state index in [-0.39, 0.29) is 0 Å². The van der Waals surface area contributed by atoms with Gasteiger partial charge < -0.3 is 4.74 Å². The summed E-state index contributed by atoms with van der Waals surface area (Å²) in [5, 5.41) is 0. The van der Waals surface area contributed by atoms with Crippen LogP contribution in [0.2, 0.25) is 0 Å². The van der Waals surface area contributed by atoms with Gasteiger partial charge in [-0.1, -0.05) is 33.7 Å². The van der Waals surface area contributed by atoms with Crippen LogP contribution in [-0.2, 0) is 4.74 Å². The molecule has 1 aliphatic heterocycles. The minimum atomic E-state index is 0.310. The summed E-state index contributed by atoms with van der Waals surface area (Å²) in [5.74, 6) is 0. The highest BCUT2D eigenvalue weighted by atomic mass is 33.1. The monoisotopic (exact) mass is 252 g/mol. The molecule has 2 nitrogen and oxygen atoms in total. The van der Waals surface area contributed by atoms with Crippen molar-refractivity contribution in [3.05, 3.63) is 24.3 Å². The Morgan fingerprint density at radius 3 is 2.94 bits per heavy atom. The van der Waals surface area contributed by atoms with Gasteiger partial charge in [0.1, 0.15) is 5.44 Å². The van der Waals surface area contributed by atoms with Crippen LogP contribution in [0.5, 0.6) is 0 Å². The zero-order chi connectivity index (χ0) is 11.2. The second-order valence-electron chi connectivity index (χ2n) is 3.57. The van der Waals surface area contributed by atoms with Crippen LogP contribution in [0.3, 0.4) is 0 Å². The standard InChI is InChI=1S/C12H14NOS2/c1-13-10-6-2-3-7-11(10)15-16-12-8-4-5-9-14-12/h1-3,6-7,12H,4-5,8-9H2. The predicted molar refractivity (Wildman–Crippen MR) is 71.6 cm³/mol. The van der Waals surface area contributed by atoms with Crippen molar-refractivity contribution in [2.75, 3.05) is 6.61 Å². The molecular weight excluding hydrogens is 238 g/mol. The fourth-order valence-corrected chi connectivity index (χ4v) is 4.00. The van der Waals surface area contributed by atoms with E-state index in [1.807, 2.05) is 24.3 Å². The fourth-order valence-electron chi connectivity index (χ4n) is 1.53. The summed E-state index contributed by atoms with van der Waals surface area (Å²) in [4.78, 5) is 4.86. The minimum absolute atomic E-state index is 0.310. The average Bonchev–Trinajstić information content (AvgIpc) is 2.38. The summed E-state index contributed by atoms with van der Waals surface area (Å²) in [5.41, 5.74) is 1.15. The summed E-state index contributed by atoms with van der Waals surface area (Å²) in [6.07, 6.45) is 3.59. The molecule has 1 aromatic rings. The van der Waals surface area contributed by atoms with E-state index < -0.39 is 0 Å². The van der Waals surface area contributed by atoms with Crippen LogP contribution in [0.15, 0.2) is 34.2 Å². The number of nitrogens with zero attached hydrogens (tertiary/aromatic N) is 1. The summed E-state index contributed by atoms with van der Waals surface area (Å²) < 4.78 is 5.65. The van der Waals surface area contributed by atoms with Gasteiger partial charge in [0.2, 0.25) is 0 Å². The lowest BCUT2D eigenvalue weighted by atomic mass is 10.2. The second kappa shape index (κ2) is 6.33. The third-order valence-corrected chi connectivity index (χ3v) is 5.07. The second-order valence-corrected chi connectivity index (χ2v) is 5.97. The SMILES string of the molecule is [CH]=Nc1ccccc1SSC1CCCCO1. The molecule has 1 aliphatic rings. The number of ether oxygens (including phenoxy) is 1. The number of aliphatic imine (C=N–C) groups is 1. The highest BCUT2D eigenvalue weighted by Gasteiger charge is 2.15. The van der Waals surface area contributed by atoms with E-state index in [2.05, 4.69) is 4.99 Å². The van der Waals surface area contributed by atoms with Gasteiger partial charge in [0.05, 0.1) is 5.69 Å². The topological polar surface area (TPSA) is 21.6 Å². The van der Waals surface area contributed by atoms with Crippen molar-refractivity contribution >= 4 is 34.0 Å². The van der Waals surface area contributed by atoms with Gasteiger partial charge in [-0.05, 0) is 31.4 Å². The summed E-state index contributed by atoms with van der Waals surface area (Å²) in [6, 6.07) is 7.90. The van der Waals surface area contributed by atoms with Gasteiger partial charge in [-0.15, -0.1) is 0 Å². The van der Waals surface area contributed by atoms with Gasteiger partial charge >= 0.3 is 0 Å². The minimum Gasteiger partial charge on any atom is -0.367 e. The Bertz CT molecular complexity index is 351. The molecule has 0 aliphatic carbocycles. The Labute approximate surface area is 104 Å². The number of rotatable bonds is 4. The summed E-state index contributed by atoms with van der Waals surface area (Å²) in [6.45, 7) is 6.22. The van der Waals surface area contributed by atoms with E-state index in [0.29, 0.717) is 5.44 Å². The molecule has 0 bridgehead atoms. The normalized spacial score (nSPS) is 20.6. The lowest BCUT2D eigenvalue weighted by molar-refractivity contribution is 0.0738. The molecule has 16 heavy (non-hydrogen) atoms. The molecule has 4 heteroatoms. The van der Waals surface area contributed by atoms with Crippen LogP contribution >= 0.6 is 21.6 Å². The van der Waals surface area contributed by atoms with E-state index in [1.54, 1.807) is 21.6 Å². The van der Waals surface area contributed by atoms with Crippen LogP contribution in [0.25, 0.3) is 0 Å². The molecule has 1 atom stereocenters. The number of hydrogen-bond donors (Lipinski definition) is 0. The van der Waals surface area contributed by atoms with E-state index in [0.717, 1.165) is 23.6 Å². The molecule has 0 amide bonds. The van der Waals surface area contributed by atoms with Crippen LogP contribution in [0.1, 0.15) is 19.3 Å². The molecule has 1 heterocycles. The average molecular weight is 252 g/mol. The van der Waals surface area contributed by atoms with Crippen molar-refractivity contribution in [1.82, 2.24) is 0 Å². The molecule has 2 rings (SSSR count). The molecule has 0 saturated carbocycles. The number of benzene rings is 1. The van der Waals surface area contributed by atoms with E-state index in [1.165, 1.54) is 12.8 Å². The van der Waals surface area contributed by atoms with Crippen LogP contribution in [0, 0.1) is 0 Å². The molecule has 0 aromatic heterocycles. The van der Waals surface area contributed by atoms with Gasteiger partial charge in [-0.3, -0.25) is 4.99 Å². The van der Waals surface area contributed by atoms with Gasteiger partial charge in [0, 0.05) is 18.2 Å². The molecule has 0 spiro atoms. The first-order valence-corrected chi connectivity index (χ1v) is 7.56. The Morgan fingerprint density at radius 2 is 2.19 bits per heavy atom. The van der Waals surface area contributed by atoms with Gasteiger partial charge in [-0.25, -0.2) is 0 Å². The summed E-state index contributed by atoms with van der Waals surface area (Å²) >= 11 is 0. The molecule has 1 radical (unpaired) electrons. The van der Waals surface area contributed by atoms with Crippen molar-refractivity contribution in [2.45, 2.75) is 29.6 Å². The lowest BCUT2D eigenvalue weighted by Gasteiger charge is -2.21. The highest BCUT2D eigenvalue weighted by Crippen LogP contribution is 2.41. The largest absolute Gasteiger partial charge is 0.367 e. The molecule has 1 fully saturated rings. The Morgan fingerprint density at radius 1 is 1.31 bits per heavy atom. The van der Waals surface area contributed by atoms with Crippen molar-refractivity contribution in [1.29, 1.82) is 0 Å². The van der Waals surface area contributed by atoms with Crippen molar-refractivity contribution in [2.24, 2.45) is 4.99 Å². The number of para-hydroxylation sites is 1. The zero-order valence-electron chi connectivity index (χ0n) is 8.96. The van der Waals surface area contributed by atoms with Crippen molar-refractivity contribution in [3.63, 3.8) is 0 Å². The zero-order valence-corrected chi connectivity index (χ0v) is 10.6. The van der Waals surface area contributed by atoms with Crippen molar-refractivity contribution in [3.8, 4) is 0 Å². The maximum absolute atomic E-state index is 5.65. The fraction of sp³-hybridized carbons (Fsp3) is 0.417. The maximum Gasteiger partial charge on any atom is 0.113 e. The first kappa shape index (κ1) is 12.0. The maximum atomic E-state index is 5.65. The molecule has 85 valence electrons. The van der Waals surface area contributed by atoms with Gasteiger partial charge in [0.25, 0.3) is 0 Å². The Kier molecular flexibility index (Phi) is 4.75. The van der Waals surface area contributed by atoms with Gasteiger partial charge in [0.15, 0.2) is 0 Å². The molecular formula is C12H14NOS2.